The van der Waals surface area contributed by atoms with Gasteiger partial charge in [0.1, 0.15) is 23.4 Å². The third kappa shape index (κ3) is 3.37. The Kier molecular flexibility index (Phi) is 5.73. The molecular weight excluding hydrogens is 443 g/mol. The van der Waals surface area contributed by atoms with E-state index in [-0.39, 0.29) is 22.7 Å². The topological polar surface area (TPSA) is 112 Å². The summed E-state index contributed by atoms with van der Waals surface area (Å²) in [6, 6.07) is 4.94. The van der Waals surface area contributed by atoms with Gasteiger partial charge in [-0.2, -0.15) is 10.5 Å². The zero-order chi connectivity index (χ0) is 15.3. The summed E-state index contributed by atoms with van der Waals surface area (Å²) < 4.78 is 5.98. The Morgan fingerprint density at radius 2 is 2.20 bits per heavy atom. The Bertz CT molecular complexity index is 660. The van der Waals surface area contributed by atoms with Crippen molar-refractivity contribution in [3.05, 3.63) is 36.0 Å². The van der Waals surface area contributed by atoms with Crippen molar-refractivity contribution in [3.63, 3.8) is 0 Å². The van der Waals surface area contributed by atoms with Crippen LogP contribution in [0.1, 0.15) is 0 Å². The lowest BCUT2D eigenvalue weighted by molar-refractivity contribution is -0.384. The predicted octanol–water partition coefficient (Wildman–Crippen LogP) is 3.31. The Balaban J connectivity index is 3.47. The van der Waals surface area contributed by atoms with Gasteiger partial charge in [-0.15, -0.1) is 0 Å². The summed E-state index contributed by atoms with van der Waals surface area (Å²) in [6.07, 6.45) is 1.11. The molecule has 1 rings (SSSR count). The Labute approximate surface area is 136 Å². The summed E-state index contributed by atoms with van der Waals surface area (Å²) in [6.45, 7) is 0. The van der Waals surface area contributed by atoms with Gasteiger partial charge in [0.15, 0.2) is 0 Å². The fourth-order valence-electron chi connectivity index (χ4n) is 1.33. The molecule has 9 heteroatoms. The molecule has 0 spiro atoms. The molecule has 0 saturated heterocycles. The summed E-state index contributed by atoms with van der Waals surface area (Å²) in [5.74, 6) is 0.0572. The highest BCUT2D eigenvalue weighted by atomic mass is 127. The fraction of sp³-hybridized carbons (Fsp3) is 0.0909. The van der Waals surface area contributed by atoms with E-state index in [1.807, 2.05) is 22.6 Å². The SMILES string of the molecule is COc1c(Br)cc(I)c(NC=C(C#N)C#N)c1[N+](=O)[O-]. The number of nitro benzene ring substituents is 1. The smallest absolute Gasteiger partial charge is 0.336 e. The van der Waals surface area contributed by atoms with E-state index in [1.165, 1.54) is 7.11 Å². The van der Waals surface area contributed by atoms with E-state index in [4.69, 9.17) is 15.3 Å². The molecule has 0 atom stereocenters. The molecule has 20 heavy (non-hydrogen) atoms. The zero-order valence-corrected chi connectivity index (χ0v) is 13.7. The number of hydrogen-bond acceptors (Lipinski definition) is 6. The minimum Gasteiger partial charge on any atom is -0.489 e. The number of hydrogen-bond donors (Lipinski definition) is 1. The van der Waals surface area contributed by atoms with Crippen molar-refractivity contribution < 1.29 is 9.66 Å². The first kappa shape index (κ1) is 16.2. The maximum Gasteiger partial charge on any atom is 0.336 e. The van der Waals surface area contributed by atoms with Gasteiger partial charge >= 0.3 is 5.69 Å². The van der Waals surface area contributed by atoms with Crippen LogP contribution in [0.3, 0.4) is 0 Å². The molecule has 0 bridgehead atoms. The Morgan fingerprint density at radius 3 is 2.65 bits per heavy atom. The van der Waals surface area contributed by atoms with Crippen LogP contribution in [0.25, 0.3) is 0 Å². The van der Waals surface area contributed by atoms with E-state index in [2.05, 4.69) is 21.2 Å². The molecule has 0 unspecified atom stereocenters. The second kappa shape index (κ2) is 7.07. The van der Waals surface area contributed by atoms with E-state index in [1.54, 1.807) is 18.2 Å². The molecule has 0 heterocycles. The molecule has 0 radical (unpaired) electrons. The van der Waals surface area contributed by atoms with Gasteiger partial charge in [0, 0.05) is 9.77 Å². The minimum atomic E-state index is -0.597. The van der Waals surface area contributed by atoms with Crippen molar-refractivity contribution in [2.45, 2.75) is 0 Å². The molecule has 1 aromatic rings. The number of allylic oxidation sites excluding steroid dienone is 1. The van der Waals surface area contributed by atoms with Crippen molar-refractivity contribution in [2.75, 3.05) is 12.4 Å². The average molecular weight is 449 g/mol. The standard InChI is InChI=1S/C11H6BrIN4O3/c1-20-11-7(12)2-8(13)9(10(11)17(18)19)16-5-6(3-14)4-15/h2,5,16H,1H3. The van der Waals surface area contributed by atoms with Crippen LogP contribution in [0.2, 0.25) is 0 Å². The Hall–Kier alpha value is -1.85. The number of benzene rings is 1. The quantitative estimate of drug-likeness (QED) is 0.327. The molecule has 7 nitrogen and oxygen atoms in total. The first-order valence-electron chi connectivity index (χ1n) is 4.93. The molecule has 0 saturated carbocycles. The second-order valence-corrected chi connectivity index (χ2v) is 5.30. The van der Waals surface area contributed by atoms with Gasteiger partial charge in [-0.3, -0.25) is 10.1 Å². The molecule has 102 valence electrons. The normalized spacial score (nSPS) is 9.05. The lowest BCUT2D eigenvalue weighted by Crippen LogP contribution is -2.02. The molecule has 0 amide bonds. The number of nitrogens with zero attached hydrogens (tertiary/aromatic N) is 3. The van der Waals surface area contributed by atoms with E-state index in [0.29, 0.717) is 8.04 Å². The van der Waals surface area contributed by atoms with Crippen molar-refractivity contribution in [2.24, 2.45) is 0 Å². The molecule has 0 aliphatic carbocycles. The number of nitrogens with one attached hydrogen (secondary N) is 1. The van der Waals surface area contributed by atoms with Gasteiger partial charge in [0.05, 0.1) is 16.5 Å². The van der Waals surface area contributed by atoms with Gasteiger partial charge in [0.25, 0.3) is 0 Å². The highest BCUT2D eigenvalue weighted by molar-refractivity contribution is 14.1. The van der Waals surface area contributed by atoms with Gasteiger partial charge < -0.3 is 10.1 Å². The van der Waals surface area contributed by atoms with Crippen molar-refractivity contribution in [1.82, 2.24) is 0 Å². The van der Waals surface area contributed by atoms with Gasteiger partial charge in [0.2, 0.25) is 5.75 Å². The number of anilines is 1. The van der Waals surface area contributed by atoms with Crippen LogP contribution in [0.4, 0.5) is 11.4 Å². The minimum absolute atomic E-state index is 0.0572. The van der Waals surface area contributed by atoms with Crippen LogP contribution in [0.5, 0.6) is 5.75 Å². The monoisotopic (exact) mass is 448 g/mol. The van der Waals surface area contributed by atoms with Crippen LogP contribution >= 0.6 is 38.5 Å². The van der Waals surface area contributed by atoms with Gasteiger partial charge in [-0.05, 0) is 44.6 Å². The molecule has 0 aliphatic heterocycles. The largest absolute Gasteiger partial charge is 0.489 e. The van der Waals surface area contributed by atoms with E-state index >= 15 is 0 Å². The average Bonchev–Trinajstić information content (AvgIpc) is 2.40. The molecule has 1 aromatic carbocycles. The lowest BCUT2D eigenvalue weighted by Gasteiger charge is -2.10. The first-order valence-corrected chi connectivity index (χ1v) is 6.80. The van der Waals surface area contributed by atoms with Crippen molar-refractivity contribution in [3.8, 4) is 17.9 Å². The molecule has 1 N–H and O–H groups in total. The maximum atomic E-state index is 11.2. The third-order valence-corrected chi connectivity index (χ3v) is 3.59. The molecule has 0 fully saturated rings. The van der Waals surface area contributed by atoms with E-state index in [0.717, 1.165) is 6.20 Å². The van der Waals surface area contributed by atoms with Crippen LogP contribution in [-0.4, -0.2) is 12.0 Å². The molecule has 0 aliphatic rings. The number of ether oxygens (including phenoxy) is 1. The summed E-state index contributed by atoms with van der Waals surface area (Å²) in [7, 11) is 1.32. The number of nitro groups is 1. The second-order valence-electron chi connectivity index (χ2n) is 3.28. The maximum absolute atomic E-state index is 11.2. The predicted molar refractivity (Wildman–Crippen MR) is 83.0 cm³/mol. The van der Waals surface area contributed by atoms with Gasteiger partial charge in [-0.25, -0.2) is 0 Å². The lowest BCUT2D eigenvalue weighted by atomic mass is 10.2. The zero-order valence-electron chi connectivity index (χ0n) is 9.98. The summed E-state index contributed by atoms with van der Waals surface area (Å²) in [5, 5.41) is 31.1. The number of halogens is 2. The van der Waals surface area contributed by atoms with Crippen molar-refractivity contribution in [1.29, 1.82) is 10.5 Å². The van der Waals surface area contributed by atoms with Crippen molar-refractivity contribution >= 4 is 49.9 Å². The molecular formula is C11H6BrIN4O3. The highest BCUT2D eigenvalue weighted by Gasteiger charge is 2.26. The van der Waals surface area contributed by atoms with Crippen LogP contribution in [0.15, 0.2) is 22.3 Å². The van der Waals surface area contributed by atoms with Gasteiger partial charge in [-0.1, -0.05) is 0 Å². The van der Waals surface area contributed by atoms with Crippen LogP contribution in [0, 0.1) is 36.3 Å². The summed E-state index contributed by atoms with van der Waals surface area (Å²) in [5.41, 5.74) is -0.326. The highest BCUT2D eigenvalue weighted by Crippen LogP contribution is 2.43. The fourth-order valence-corrected chi connectivity index (χ4v) is 3.06. The number of nitriles is 2. The summed E-state index contributed by atoms with van der Waals surface area (Å²) >= 11 is 5.09. The van der Waals surface area contributed by atoms with Crippen LogP contribution < -0.4 is 10.1 Å². The first-order chi connectivity index (χ1) is 9.46. The molecule has 0 aromatic heterocycles. The third-order valence-electron chi connectivity index (χ3n) is 2.15. The van der Waals surface area contributed by atoms with E-state index < -0.39 is 4.92 Å². The summed E-state index contributed by atoms with van der Waals surface area (Å²) in [4.78, 5) is 10.6. The van der Waals surface area contributed by atoms with E-state index in [9.17, 15) is 10.1 Å². The Morgan fingerprint density at radius 1 is 1.60 bits per heavy atom. The number of methoxy groups -OCH3 is 1. The number of rotatable bonds is 4. The van der Waals surface area contributed by atoms with Crippen LogP contribution in [-0.2, 0) is 0 Å².